The highest BCUT2D eigenvalue weighted by molar-refractivity contribution is 5.77. The van der Waals surface area contributed by atoms with E-state index < -0.39 is 41.4 Å². The second kappa shape index (κ2) is 10.3. The number of alkyl halides is 3. The minimum absolute atomic E-state index is 0.0209. The van der Waals surface area contributed by atoms with Gasteiger partial charge in [-0.2, -0.15) is 13.2 Å². The minimum Gasteiger partial charge on any atom is -0.457 e. The normalized spacial score (nSPS) is 11.9. The van der Waals surface area contributed by atoms with Crippen molar-refractivity contribution in [1.82, 2.24) is 9.55 Å². The molecule has 3 rings (SSSR count). The van der Waals surface area contributed by atoms with E-state index in [9.17, 15) is 27.6 Å². The highest BCUT2D eigenvalue weighted by Gasteiger charge is 2.31. The fraction of sp³-hybridized carbons (Fsp3) is 0.360. The third-order valence-corrected chi connectivity index (χ3v) is 4.86. The molecule has 0 atom stereocenters. The number of carbonyl (C=O) groups is 2. The van der Waals surface area contributed by atoms with Gasteiger partial charge in [0.2, 0.25) is 0 Å². The molecule has 0 aliphatic heterocycles. The number of nitrogens with zero attached hydrogens (tertiary/aromatic N) is 2. The molecule has 0 N–H and O–H groups in total. The van der Waals surface area contributed by atoms with Crippen molar-refractivity contribution in [2.45, 2.75) is 51.9 Å². The molecule has 1 heterocycles. The van der Waals surface area contributed by atoms with Gasteiger partial charge >= 0.3 is 18.1 Å². The first kappa shape index (κ1) is 25.9. The molecule has 0 saturated heterocycles. The van der Waals surface area contributed by atoms with E-state index >= 15 is 0 Å². The second-order valence-electron chi connectivity index (χ2n) is 8.88. The SMILES string of the molecule is CC(C)(C)OC(=O)COC(=O)CCc1nc2cc(C(F)(F)F)ccc2n(Cc2ccccc2)c1=O. The van der Waals surface area contributed by atoms with Crippen molar-refractivity contribution in [3.05, 3.63) is 75.7 Å². The molecule has 0 saturated carbocycles. The Bertz CT molecular complexity index is 1280. The molecular weight excluding hydrogens is 465 g/mol. The number of fused-ring (bicyclic) bond motifs is 1. The second-order valence-corrected chi connectivity index (χ2v) is 8.88. The summed E-state index contributed by atoms with van der Waals surface area (Å²) in [6.07, 6.45) is -5.05. The van der Waals surface area contributed by atoms with E-state index in [-0.39, 0.29) is 36.1 Å². The molecule has 3 aromatic rings. The van der Waals surface area contributed by atoms with Crippen molar-refractivity contribution in [2.75, 3.05) is 6.61 Å². The van der Waals surface area contributed by atoms with E-state index in [2.05, 4.69) is 4.98 Å². The highest BCUT2D eigenvalue weighted by atomic mass is 19.4. The zero-order valence-electron chi connectivity index (χ0n) is 19.5. The maximum atomic E-state index is 13.3. The Balaban J connectivity index is 1.87. The Morgan fingerprint density at radius 2 is 1.69 bits per heavy atom. The summed E-state index contributed by atoms with van der Waals surface area (Å²) < 4.78 is 51.0. The van der Waals surface area contributed by atoms with Crippen molar-refractivity contribution in [3.63, 3.8) is 0 Å². The number of ether oxygens (including phenoxy) is 2. The molecular formula is C25H25F3N2O5. The number of halogens is 3. The molecule has 7 nitrogen and oxygen atoms in total. The largest absolute Gasteiger partial charge is 0.457 e. The molecule has 0 spiro atoms. The Labute approximate surface area is 199 Å². The van der Waals surface area contributed by atoms with Crippen LogP contribution < -0.4 is 5.56 Å². The number of carbonyl (C=O) groups excluding carboxylic acids is 2. The average Bonchev–Trinajstić information content (AvgIpc) is 2.77. The Hall–Kier alpha value is -3.69. The maximum absolute atomic E-state index is 13.3. The van der Waals surface area contributed by atoms with Gasteiger partial charge in [-0.05, 0) is 44.5 Å². The highest BCUT2D eigenvalue weighted by Crippen LogP contribution is 2.31. The number of benzene rings is 2. The third-order valence-electron chi connectivity index (χ3n) is 4.86. The van der Waals surface area contributed by atoms with Gasteiger partial charge in [0.1, 0.15) is 11.3 Å². The van der Waals surface area contributed by atoms with Crippen molar-refractivity contribution >= 4 is 23.0 Å². The summed E-state index contributed by atoms with van der Waals surface area (Å²) in [7, 11) is 0. The molecule has 1 aromatic heterocycles. The summed E-state index contributed by atoms with van der Waals surface area (Å²) >= 11 is 0. The predicted octanol–water partition coefficient (Wildman–Crippen LogP) is 4.28. The van der Waals surface area contributed by atoms with Crippen molar-refractivity contribution in [1.29, 1.82) is 0 Å². The summed E-state index contributed by atoms with van der Waals surface area (Å²) in [6.45, 7) is 4.53. The van der Waals surface area contributed by atoms with Gasteiger partial charge in [0.05, 0.1) is 29.6 Å². The molecule has 0 fully saturated rings. The first-order valence-electron chi connectivity index (χ1n) is 10.9. The van der Waals surface area contributed by atoms with Gasteiger partial charge in [0, 0.05) is 6.42 Å². The van der Waals surface area contributed by atoms with Crippen molar-refractivity contribution in [2.24, 2.45) is 0 Å². The van der Waals surface area contributed by atoms with E-state index in [0.717, 1.165) is 17.7 Å². The van der Waals surface area contributed by atoms with Crippen LogP contribution in [0.15, 0.2) is 53.3 Å². The average molecular weight is 490 g/mol. The number of aryl methyl sites for hydroxylation is 1. The zero-order valence-corrected chi connectivity index (χ0v) is 19.5. The Morgan fingerprint density at radius 1 is 1.00 bits per heavy atom. The summed E-state index contributed by atoms with van der Waals surface area (Å²) in [4.78, 5) is 41.1. The summed E-state index contributed by atoms with van der Waals surface area (Å²) in [6, 6.07) is 11.9. The summed E-state index contributed by atoms with van der Waals surface area (Å²) in [5.74, 6) is -1.49. The van der Waals surface area contributed by atoms with E-state index in [1.807, 2.05) is 0 Å². The maximum Gasteiger partial charge on any atom is 0.416 e. The van der Waals surface area contributed by atoms with E-state index in [1.165, 1.54) is 10.6 Å². The fourth-order valence-electron chi connectivity index (χ4n) is 3.36. The van der Waals surface area contributed by atoms with Gasteiger partial charge in [-0.15, -0.1) is 0 Å². The van der Waals surface area contributed by atoms with Crippen LogP contribution in [0.3, 0.4) is 0 Å². The quantitative estimate of drug-likeness (QED) is 0.460. The van der Waals surface area contributed by atoms with Gasteiger partial charge in [-0.25, -0.2) is 9.78 Å². The molecule has 0 unspecified atom stereocenters. The smallest absolute Gasteiger partial charge is 0.416 e. The number of hydrogen-bond donors (Lipinski definition) is 0. The van der Waals surface area contributed by atoms with Crippen molar-refractivity contribution < 1.29 is 32.2 Å². The van der Waals surface area contributed by atoms with Gasteiger partial charge in [0.25, 0.3) is 5.56 Å². The molecule has 0 radical (unpaired) electrons. The number of esters is 2. The van der Waals surface area contributed by atoms with Crippen LogP contribution in [0.2, 0.25) is 0 Å². The molecule has 186 valence electrons. The van der Waals surface area contributed by atoms with Crippen LogP contribution in [0, 0.1) is 0 Å². The van der Waals surface area contributed by atoms with Gasteiger partial charge < -0.3 is 14.0 Å². The van der Waals surface area contributed by atoms with E-state index in [4.69, 9.17) is 9.47 Å². The van der Waals surface area contributed by atoms with Crippen LogP contribution in [0.5, 0.6) is 0 Å². The molecule has 0 amide bonds. The lowest BCUT2D eigenvalue weighted by molar-refractivity contribution is -0.166. The predicted molar refractivity (Wildman–Crippen MR) is 122 cm³/mol. The molecule has 0 aliphatic carbocycles. The van der Waals surface area contributed by atoms with Crippen LogP contribution in [0.1, 0.15) is 44.0 Å². The van der Waals surface area contributed by atoms with Crippen LogP contribution in [0.4, 0.5) is 13.2 Å². The molecule has 0 bridgehead atoms. The molecule has 35 heavy (non-hydrogen) atoms. The van der Waals surface area contributed by atoms with Crippen LogP contribution >= 0.6 is 0 Å². The number of aromatic nitrogens is 2. The zero-order chi connectivity index (χ0) is 25.8. The first-order chi connectivity index (χ1) is 16.3. The first-order valence-corrected chi connectivity index (χ1v) is 10.9. The van der Waals surface area contributed by atoms with Gasteiger partial charge in [-0.3, -0.25) is 9.59 Å². The summed E-state index contributed by atoms with van der Waals surface area (Å²) in [5, 5.41) is 0. The van der Waals surface area contributed by atoms with Crippen LogP contribution in [-0.4, -0.2) is 33.7 Å². The number of hydrogen-bond acceptors (Lipinski definition) is 6. The Kier molecular flexibility index (Phi) is 7.62. The lowest BCUT2D eigenvalue weighted by atomic mass is 10.1. The fourth-order valence-corrected chi connectivity index (χ4v) is 3.36. The molecule has 2 aromatic carbocycles. The number of rotatable bonds is 7. The van der Waals surface area contributed by atoms with E-state index in [1.54, 1.807) is 51.1 Å². The monoisotopic (exact) mass is 490 g/mol. The van der Waals surface area contributed by atoms with Crippen LogP contribution in [-0.2, 0) is 38.2 Å². The lowest BCUT2D eigenvalue weighted by Gasteiger charge is -2.19. The van der Waals surface area contributed by atoms with Crippen LogP contribution in [0.25, 0.3) is 11.0 Å². The van der Waals surface area contributed by atoms with Crippen molar-refractivity contribution in [3.8, 4) is 0 Å². The minimum atomic E-state index is -4.58. The van der Waals surface area contributed by atoms with Gasteiger partial charge in [-0.1, -0.05) is 30.3 Å². The molecule has 0 aliphatic rings. The third kappa shape index (κ3) is 7.14. The topological polar surface area (TPSA) is 87.5 Å². The lowest BCUT2D eigenvalue weighted by Crippen LogP contribution is -2.28. The summed E-state index contributed by atoms with van der Waals surface area (Å²) in [5.41, 5.74) is -1.26. The molecule has 10 heteroatoms. The Morgan fingerprint density at radius 3 is 2.31 bits per heavy atom. The van der Waals surface area contributed by atoms with E-state index in [0.29, 0.717) is 0 Å². The standard InChI is InChI=1S/C25H25F3N2O5/c1-24(2,3)35-22(32)15-34-21(31)12-10-18-23(33)30(14-16-7-5-4-6-8-16)20-11-9-17(25(26,27)28)13-19(20)29-18/h4-9,11,13H,10,12,14-15H2,1-3H3. The van der Waals surface area contributed by atoms with Gasteiger partial charge in [0.15, 0.2) is 6.61 Å².